The van der Waals surface area contributed by atoms with E-state index in [9.17, 15) is 14.7 Å². The molecule has 1 saturated carbocycles. The Kier molecular flexibility index (Phi) is 3.44. The molecule has 0 radical (unpaired) electrons. The fraction of sp³-hybridized carbons (Fsp3) is 0.636. The Balaban J connectivity index is 2.19. The SMILES string of the molecule is O=c1ccn([C@@H]2CC[C@H](CO)[C@H](O)C2)c(=O)[nH]1. The molecule has 3 atom stereocenters. The van der Waals surface area contributed by atoms with Crippen molar-refractivity contribution in [3.63, 3.8) is 0 Å². The van der Waals surface area contributed by atoms with Gasteiger partial charge in [-0.1, -0.05) is 0 Å². The maximum absolute atomic E-state index is 11.6. The molecule has 1 aliphatic rings. The lowest BCUT2D eigenvalue weighted by molar-refractivity contribution is 0.0175. The highest BCUT2D eigenvalue weighted by atomic mass is 16.3. The Morgan fingerprint density at radius 3 is 2.76 bits per heavy atom. The Labute approximate surface area is 97.5 Å². The first-order valence-electron chi connectivity index (χ1n) is 5.72. The maximum Gasteiger partial charge on any atom is 0.328 e. The summed E-state index contributed by atoms with van der Waals surface area (Å²) >= 11 is 0. The second kappa shape index (κ2) is 4.85. The maximum atomic E-state index is 11.6. The van der Waals surface area contributed by atoms with E-state index < -0.39 is 17.4 Å². The molecule has 0 bridgehead atoms. The second-order valence-electron chi connectivity index (χ2n) is 4.49. The van der Waals surface area contributed by atoms with Crippen molar-refractivity contribution in [3.05, 3.63) is 33.1 Å². The van der Waals surface area contributed by atoms with E-state index in [1.54, 1.807) is 0 Å². The molecule has 1 aliphatic carbocycles. The average Bonchev–Trinajstić information content (AvgIpc) is 2.29. The van der Waals surface area contributed by atoms with E-state index in [1.807, 2.05) is 0 Å². The van der Waals surface area contributed by atoms with Crippen LogP contribution < -0.4 is 11.2 Å². The van der Waals surface area contributed by atoms with Gasteiger partial charge in [-0.15, -0.1) is 0 Å². The van der Waals surface area contributed by atoms with Gasteiger partial charge in [0.2, 0.25) is 0 Å². The standard InChI is InChI=1S/C11H16N2O4/c14-6-7-1-2-8(5-9(7)15)13-4-3-10(16)12-11(13)17/h3-4,7-9,14-15H,1-2,5-6H2,(H,12,16,17)/t7-,8-,9-/m1/s1. The Hall–Kier alpha value is -1.40. The molecule has 1 heterocycles. The van der Waals surface area contributed by atoms with Crippen LogP contribution in [-0.4, -0.2) is 32.5 Å². The van der Waals surface area contributed by atoms with E-state index in [0.717, 1.165) is 0 Å². The van der Waals surface area contributed by atoms with E-state index in [4.69, 9.17) is 5.11 Å². The quantitative estimate of drug-likeness (QED) is 0.632. The van der Waals surface area contributed by atoms with E-state index in [-0.39, 0.29) is 18.6 Å². The van der Waals surface area contributed by atoms with Crippen molar-refractivity contribution in [3.8, 4) is 0 Å². The molecule has 17 heavy (non-hydrogen) atoms. The normalized spacial score (nSPS) is 29.2. The molecule has 1 fully saturated rings. The van der Waals surface area contributed by atoms with Gasteiger partial charge in [-0.25, -0.2) is 4.79 Å². The zero-order valence-electron chi connectivity index (χ0n) is 9.37. The summed E-state index contributed by atoms with van der Waals surface area (Å²) in [4.78, 5) is 24.7. The van der Waals surface area contributed by atoms with Crippen LogP contribution in [0.5, 0.6) is 0 Å². The summed E-state index contributed by atoms with van der Waals surface area (Å²) in [5, 5.41) is 18.8. The smallest absolute Gasteiger partial charge is 0.328 e. The van der Waals surface area contributed by atoms with Crippen LogP contribution in [0.4, 0.5) is 0 Å². The summed E-state index contributed by atoms with van der Waals surface area (Å²) in [5.74, 6) is -0.107. The number of nitrogens with one attached hydrogen (secondary N) is 1. The number of aromatic nitrogens is 2. The zero-order valence-corrected chi connectivity index (χ0v) is 9.37. The molecule has 2 rings (SSSR count). The van der Waals surface area contributed by atoms with Crippen molar-refractivity contribution in [2.75, 3.05) is 6.61 Å². The molecule has 0 aromatic carbocycles. The third-order valence-corrected chi connectivity index (χ3v) is 3.41. The molecule has 0 amide bonds. The average molecular weight is 240 g/mol. The van der Waals surface area contributed by atoms with Crippen molar-refractivity contribution >= 4 is 0 Å². The molecular formula is C11H16N2O4. The molecule has 6 heteroatoms. The Morgan fingerprint density at radius 1 is 1.41 bits per heavy atom. The summed E-state index contributed by atoms with van der Waals surface area (Å²) in [6, 6.07) is 1.18. The fourth-order valence-electron chi connectivity index (χ4n) is 2.37. The van der Waals surface area contributed by atoms with Gasteiger partial charge in [0, 0.05) is 30.8 Å². The van der Waals surface area contributed by atoms with Gasteiger partial charge in [0.15, 0.2) is 0 Å². The predicted molar refractivity (Wildman–Crippen MR) is 60.8 cm³/mol. The lowest BCUT2D eigenvalue weighted by atomic mass is 9.84. The Bertz CT molecular complexity index is 493. The molecular weight excluding hydrogens is 224 g/mol. The number of nitrogens with zero attached hydrogens (tertiary/aromatic N) is 1. The minimum atomic E-state index is -0.599. The molecule has 94 valence electrons. The van der Waals surface area contributed by atoms with Crippen LogP contribution in [0.2, 0.25) is 0 Å². The first kappa shape index (κ1) is 12.1. The summed E-state index contributed by atoms with van der Waals surface area (Å²) in [7, 11) is 0. The van der Waals surface area contributed by atoms with E-state index in [2.05, 4.69) is 4.98 Å². The first-order chi connectivity index (χ1) is 8.11. The van der Waals surface area contributed by atoms with Gasteiger partial charge in [-0.2, -0.15) is 0 Å². The minimum absolute atomic E-state index is 0.0333. The third-order valence-electron chi connectivity index (χ3n) is 3.41. The van der Waals surface area contributed by atoms with Crippen LogP contribution in [0, 0.1) is 5.92 Å². The fourth-order valence-corrected chi connectivity index (χ4v) is 2.37. The molecule has 0 saturated heterocycles. The van der Waals surface area contributed by atoms with Crippen molar-refractivity contribution < 1.29 is 10.2 Å². The van der Waals surface area contributed by atoms with E-state index >= 15 is 0 Å². The van der Waals surface area contributed by atoms with Gasteiger partial charge >= 0.3 is 5.69 Å². The predicted octanol–water partition coefficient (Wildman–Crippen LogP) is -0.769. The van der Waals surface area contributed by atoms with Gasteiger partial charge in [0.25, 0.3) is 5.56 Å². The molecule has 1 aromatic rings. The number of aliphatic hydroxyl groups excluding tert-OH is 2. The van der Waals surface area contributed by atoms with Crippen molar-refractivity contribution in [1.29, 1.82) is 0 Å². The topological polar surface area (TPSA) is 95.3 Å². The van der Waals surface area contributed by atoms with E-state index in [0.29, 0.717) is 19.3 Å². The number of hydrogen-bond acceptors (Lipinski definition) is 4. The molecule has 0 aliphatic heterocycles. The van der Waals surface area contributed by atoms with Gasteiger partial charge in [-0.05, 0) is 19.3 Å². The highest BCUT2D eigenvalue weighted by molar-refractivity contribution is 4.89. The largest absolute Gasteiger partial charge is 0.396 e. The summed E-state index contributed by atoms with van der Waals surface area (Å²) in [6.45, 7) is -0.0333. The lowest BCUT2D eigenvalue weighted by Crippen LogP contribution is -2.38. The van der Waals surface area contributed by atoms with Crippen LogP contribution in [0.15, 0.2) is 21.9 Å². The summed E-state index contributed by atoms with van der Waals surface area (Å²) < 4.78 is 1.44. The van der Waals surface area contributed by atoms with Crippen LogP contribution in [-0.2, 0) is 0 Å². The monoisotopic (exact) mass is 240 g/mol. The molecule has 0 unspecified atom stereocenters. The van der Waals surface area contributed by atoms with Crippen molar-refractivity contribution in [2.24, 2.45) is 5.92 Å². The van der Waals surface area contributed by atoms with Crippen molar-refractivity contribution in [1.82, 2.24) is 9.55 Å². The highest BCUT2D eigenvalue weighted by Crippen LogP contribution is 2.31. The Morgan fingerprint density at radius 2 is 2.18 bits per heavy atom. The molecule has 6 nitrogen and oxygen atoms in total. The first-order valence-corrected chi connectivity index (χ1v) is 5.72. The number of hydrogen-bond donors (Lipinski definition) is 3. The van der Waals surface area contributed by atoms with Gasteiger partial charge in [0.1, 0.15) is 0 Å². The van der Waals surface area contributed by atoms with Crippen molar-refractivity contribution in [2.45, 2.75) is 31.4 Å². The van der Waals surface area contributed by atoms with Crippen LogP contribution in [0.1, 0.15) is 25.3 Å². The highest BCUT2D eigenvalue weighted by Gasteiger charge is 2.29. The number of rotatable bonds is 2. The molecule has 0 spiro atoms. The zero-order chi connectivity index (χ0) is 12.4. The van der Waals surface area contributed by atoms with Crippen LogP contribution >= 0.6 is 0 Å². The number of aliphatic hydroxyl groups is 2. The summed E-state index contributed by atoms with van der Waals surface area (Å²) in [6.07, 6.45) is 2.68. The van der Waals surface area contributed by atoms with E-state index in [1.165, 1.54) is 16.8 Å². The van der Waals surface area contributed by atoms with Crippen LogP contribution in [0.3, 0.4) is 0 Å². The van der Waals surface area contributed by atoms with Crippen LogP contribution in [0.25, 0.3) is 0 Å². The molecule has 1 aromatic heterocycles. The second-order valence-corrected chi connectivity index (χ2v) is 4.49. The number of aromatic amines is 1. The van der Waals surface area contributed by atoms with Gasteiger partial charge < -0.3 is 10.2 Å². The number of H-pyrrole nitrogens is 1. The molecule has 3 N–H and O–H groups in total. The lowest BCUT2D eigenvalue weighted by Gasteiger charge is -2.32. The third kappa shape index (κ3) is 2.48. The van der Waals surface area contributed by atoms with Gasteiger partial charge in [-0.3, -0.25) is 14.3 Å². The summed E-state index contributed by atoms with van der Waals surface area (Å²) in [5.41, 5.74) is -0.868. The van der Waals surface area contributed by atoms with Gasteiger partial charge in [0.05, 0.1) is 6.10 Å². The minimum Gasteiger partial charge on any atom is -0.396 e.